The van der Waals surface area contributed by atoms with Crippen LogP contribution in [0, 0.1) is 0 Å². The summed E-state index contributed by atoms with van der Waals surface area (Å²) in [4.78, 5) is 34.0. The number of hydrogen-bond acceptors (Lipinski definition) is 4. The van der Waals surface area contributed by atoms with Crippen LogP contribution in [-0.2, 0) is 9.59 Å². The van der Waals surface area contributed by atoms with E-state index < -0.39 is 17.7 Å². The number of primary amides is 2. The van der Waals surface area contributed by atoms with Crippen LogP contribution in [0.3, 0.4) is 0 Å². The van der Waals surface area contributed by atoms with Crippen LogP contribution in [0.5, 0.6) is 0 Å². The summed E-state index contributed by atoms with van der Waals surface area (Å²) in [6.45, 7) is -0.773. The molecule has 0 spiro atoms. The van der Waals surface area contributed by atoms with Crippen LogP contribution in [0.2, 0.25) is 0 Å². The summed E-state index contributed by atoms with van der Waals surface area (Å²) >= 11 is 0. The largest absolute Gasteiger partial charge is 0.459 e. The second-order valence-corrected chi connectivity index (χ2v) is 3.07. The molecule has 4 N–H and O–H groups in total. The SMILES string of the molecule is NC(=O)CN(CC(N)=O)C(=O)c1ccco1. The maximum atomic E-state index is 11.7. The number of furan rings is 1. The number of carbonyl (C=O) groups excluding carboxylic acids is 3. The molecule has 0 atom stereocenters. The van der Waals surface area contributed by atoms with Crippen molar-refractivity contribution < 1.29 is 18.8 Å². The summed E-state index contributed by atoms with van der Waals surface area (Å²) in [7, 11) is 0. The average Bonchev–Trinajstić information content (AvgIpc) is 2.66. The van der Waals surface area contributed by atoms with Gasteiger partial charge in [0.05, 0.1) is 6.26 Å². The Morgan fingerprint density at radius 1 is 1.19 bits per heavy atom. The monoisotopic (exact) mass is 225 g/mol. The lowest BCUT2D eigenvalue weighted by atomic mass is 10.3. The van der Waals surface area contributed by atoms with E-state index in [1.54, 1.807) is 0 Å². The van der Waals surface area contributed by atoms with Crippen molar-refractivity contribution in [1.82, 2.24) is 4.90 Å². The molecule has 0 aliphatic rings. The van der Waals surface area contributed by atoms with Crippen molar-refractivity contribution in [3.63, 3.8) is 0 Å². The molecule has 3 amide bonds. The molecule has 0 saturated carbocycles. The van der Waals surface area contributed by atoms with Gasteiger partial charge >= 0.3 is 0 Å². The third kappa shape index (κ3) is 3.12. The molecule has 1 aromatic heterocycles. The first kappa shape index (κ1) is 11.8. The molecule has 0 radical (unpaired) electrons. The molecule has 86 valence electrons. The number of nitrogens with zero attached hydrogens (tertiary/aromatic N) is 1. The Balaban J connectivity index is 2.79. The lowest BCUT2D eigenvalue weighted by Crippen LogP contribution is -2.43. The molecular formula is C9H11N3O4. The minimum Gasteiger partial charge on any atom is -0.459 e. The molecule has 1 aromatic rings. The number of rotatable bonds is 5. The Kier molecular flexibility index (Phi) is 3.65. The van der Waals surface area contributed by atoms with Crippen molar-refractivity contribution in [2.45, 2.75) is 0 Å². The van der Waals surface area contributed by atoms with Crippen molar-refractivity contribution >= 4 is 17.7 Å². The predicted octanol–water partition coefficient (Wildman–Crippen LogP) is -1.31. The van der Waals surface area contributed by atoms with Crippen molar-refractivity contribution in [2.75, 3.05) is 13.1 Å². The molecule has 0 fully saturated rings. The molecule has 0 aliphatic heterocycles. The zero-order valence-corrected chi connectivity index (χ0v) is 8.38. The van der Waals surface area contributed by atoms with Crippen LogP contribution in [-0.4, -0.2) is 35.7 Å². The minimum absolute atomic E-state index is 0.0162. The van der Waals surface area contributed by atoms with E-state index in [1.165, 1.54) is 18.4 Å². The van der Waals surface area contributed by atoms with Gasteiger partial charge < -0.3 is 20.8 Å². The number of hydrogen-bond donors (Lipinski definition) is 2. The van der Waals surface area contributed by atoms with Gasteiger partial charge in [-0.3, -0.25) is 14.4 Å². The summed E-state index contributed by atoms with van der Waals surface area (Å²) in [6.07, 6.45) is 1.31. The first-order valence-electron chi connectivity index (χ1n) is 4.40. The van der Waals surface area contributed by atoms with Crippen LogP contribution in [0.15, 0.2) is 22.8 Å². The fraction of sp³-hybridized carbons (Fsp3) is 0.222. The Morgan fingerprint density at radius 2 is 1.75 bits per heavy atom. The smallest absolute Gasteiger partial charge is 0.290 e. The van der Waals surface area contributed by atoms with Crippen molar-refractivity contribution in [3.8, 4) is 0 Å². The van der Waals surface area contributed by atoms with Gasteiger partial charge in [0, 0.05) is 0 Å². The predicted molar refractivity (Wildman–Crippen MR) is 53.0 cm³/mol. The topological polar surface area (TPSA) is 120 Å². The van der Waals surface area contributed by atoms with Crippen molar-refractivity contribution in [2.24, 2.45) is 11.5 Å². The van der Waals surface area contributed by atoms with E-state index in [9.17, 15) is 14.4 Å². The Hall–Kier alpha value is -2.31. The Bertz CT molecular complexity index is 383. The lowest BCUT2D eigenvalue weighted by molar-refractivity contribution is -0.121. The Morgan fingerprint density at radius 3 is 2.12 bits per heavy atom. The van der Waals surface area contributed by atoms with Gasteiger partial charge in [-0.2, -0.15) is 0 Å². The average molecular weight is 225 g/mol. The van der Waals surface area contributed by atoms with E-state index in [1.807, 2.05) is 0 Å². The van der Waals surface area contributed by atoms with E-state index >= 15 is 0 Å². The highest BCUT2D eigenvalue weighted by Gasteiger charge is 2.21. The maximum absolute atomic E-state index is 11.7. The highest BCUT2D eigenvalue weighted by molar-refractivity contribution is 5.96. The van der Waals surface area contributed by atoms with Crippen LogP contribution in [0.4, 0.5) is 0 Å². The standard InChI is InChI=1S/C9H11N3O4/c10-7(13)4-12(5-8(11)14)9(15)6-2-1-3-16-6/h1-3H,4-5H2,(H2,10,13)(H2,11,14). The van der Waals surface area contributed by atoms with Gasteiger partial charge in [0.15, 0.2) is 5.76 Å². The van der Waals surface area contributed by atoms with E-state index in [4.69, 9.17) is 15.9 Å². The van der Waals surface area contributed by atoms with Crippen molar-refractivity contribution in [3.05, 3.63) is 24.2 Å². The molecule has 0 aliphatic carbocycles. The van der Waals surface area contributed by atoms with Gasteiger partial charge in [-0.05, 0) is 12.1 Å². The molecule has 0 bridgehead atoms. The van der Waals surface area contributed by atoms with E-state index in [0.717, 1.165) is 4.90 Å². The first-order chi connectivity index (χ1) is 7.50. The highest BCUT2D eigenvalue weighted by atomic mass is 16.3. The molecule has 7 heteroatoms. The maximum Gasteiger partial charge on any atom is 0.290 e. The number of carbonyl (C=O) groups is 3. The third-order valence-electron chi connectivity index (χ3n) is 1.71. The highest BCUT2D eigenvalue weighted by Crippen LogP contribution is 2.05. The number of amides is 3. The first-order valence-corrected chi connectivity index (χ1v) is 4.40. The fourth-order valence-electron chi connectivity index (χ4n) is 1.13. The second kappa shape index (κ2) is 4.96. The summed E-state index contributed by atoms with van der Waals surface area (Å²) in [5, 5.41) is 0. The summed E-state index contributed by atoms with van der Waals surface area (Å²) in [5.41, 5.74) is 9.89. The normalized spacial score (nSPS) is 9.75. The van der Waals surface area contributed by atoms with Gasteiger partial charge in [0.25, 0.3) is 5.91 Å². The van der Waals surface area contributed by atoms with Gasteiger partial charge in [0.1, 0.15) is 13.1 Å². The van der Waals surface area contributed by atoms with Gasteiger partial charge in [-0.25, -0.2) is 0 Å². The molecule has 1 rings (SSSR count). The van der Waals surface area contributed by atoms with Crippen LogP contribution < -0.4 is 11.5 Å². The van der Waals surface area contributed by atoms with E-state index in [-0.39, 0.29) is 18.8 Å². The van der Waals surface area contributed by atoms with E-state index in [0.29, 0.717) is 0 Å². The molecule has 0 aromatic carbocycles. The van der Waals surface area contributed by atoms with Crippen LogP contribution >= 0.6 is 0 Å². The third-order valence-corrected chi connectivity index (χ3v) is 1.71. The lowest BCUT2D eigenvalue weighted by Gasteiger charge is -2.17. The van der Waals surface area contributed by atoms with E-state index in [2.05, 4.69) is 0 Å². The van der Waals surface area contributed by atoms with Gasteiger partial charge in [0.2, 0.25) is 11.8 Å². The molecule has 1 heterocycles. The summed E-state index contributed by atoms with van der Waals surface area (Å²) < 4.78 is 4.84. The van der Waals surface area contributed by atoms with Crippen LogP contribution in [0.1, 0.15) is 10.6 Å². The fourth-order valence-corrected chi connectivity index (χ4v) is 1.13. The van der Waals surface area contributed by atoms with Gasteiger partial charge in [-0.1, -0.05) is 0 Å². The van der Waals surface area contributed by atoms with Crippen LogP contribution in [0.25, 0.3) is 0 Å². The molecule has 0 saturated heterocycles. The second-order valence-electron chi connectivity index (χ2n) is 3.07. The minimum atomic E-state index is -0.735. The molecule has 16 heavy (non-hydrogen) atoms. The molecular weight excluding hydrogens is 214 g/mol. The van der Waals surface area contributed by atoms with Gasteiger partial charge in [-0.15, -0.1) is 0 Å². The zero-order valence-electron chi connectivity index (χ0n) is 8.38. The Labute approximate surface area is 91.0 Å². The molecule has 0 unspecified atom stereocenters. The quantitative estimate of drug-likeness (QED) is 0.646. The summed E-state index contributed by atoms with van der Waals surface area (Å²) in [5.74, 6) is -2.06. The molecule has 7 nitrogen and oxygen atoms in total. The summed E-state index contributed by atoms with van der Waals surface area (Å²) in [6, 6.07) is 2.93. The number of nitrogens with two attached hydrogens (primary N) is 2. The zero-order chi connectivity index (χ0) is 12.1. The van der Waals surface area contributed by atoms with Crippen molar-refractivity contribution in [1.29, 1.82) is 0 Å².